The van der Waals surface area contributed by atoms with Crippen molar-refractivity contribution in [3.63, 3.8) is 0 Å². The maximum absolute atomic E-state index is 12.9. The van der Waals surface area contributed by atoms with Crippen LogP contribution in [0.1, 0.15) is 0 Å². The number of anilines is 1. The second kappa shape index (κ2) is 3.76. The van der Waals surface area contributed by atoms with Crippen molar-refractivity contribution in [1.82, 2.24) is 4.94 Å². The molecule has 0 radical (unpaired) electrons. The van der Waals surface area contributed by atoms with Crippen molar-refractivity contribution in [2.24, 2.45) is 0 Å². The smallest absolute Gasteiger partial charge is 0.166 e. The van der Waals surface area contributed by atoms with Gasteiger partial charge in [0.25, 0.3) is 0 Å². The molecule has 1 aromatic carbocycles. The predicted molar refractivity (Wildman–Crippen MR) is 44.0 cm³/mol. The summed E-state index contributed by atoms with van der Waals surface area (Å²) in [6.45, 7) is 0. The van der Waals surface area contributed by atoms with Crippen LogP contribution >= 0.6 is 23.4 Å². The molecule has 0 bridgehead atoms. The molecule has 0 amide bonds. The lowest BCUT2D eigenvalue weighted by atomic mass is 10.3. The second-order valence-electron chi connectivity index (χ2n) is 1.82. The molecule has 2 nitrogen and oxygen atoms in total. The third-order valence-corrected chi connectivity index (χ3v) is 1.52. The highest BCUT2D eigenvalue weighted by atomic mass is 35.5. The minimum atomic E-state index is -0.526. The highest BCUT2D eigenvalue weighted by Crippen LogP contribution is 2.21. The molecule has 0 saturated carbocycles. The van der Waals surface area contributed by atoms with Crippen LogP contribution in [0.3, 0.4) is 0 Å². The normalized spacial score (nSPS) is 9.73. The standard InChI is InChI=1S/C6H5Cl2FN2/c7-4-2-1-3-5(6(4)9)10-11-8/h1-3,10-11H. The van der Waals surface area contributed by atoms with E-state index in [4.69, 9.17) is 23.4 Å². The van der Waals surface area contributed by atoms with Crippen LogP contribution < -0.4 is 10.4 Å². The second-order valence-corrected chi connectivity index (χ2v) is 2.42. The first-order valence-electron chi connectivity index (χ1n) is 2.81. The Morgan fingerprint density at radius 1 is 1.36 bits per heavy atom. The number of rotatable bonds is 2. The van der Waals surface area contributed by atoms with Gasteiger partial charge in [0.05, 0.1) is 10.7 Å². The Bertz CT molecular complexity index is 254. The molecule has 0 aliphatic heterocycles. The van der Waals surface area contributed by atoms with E-state index in [-0.39, 0.29) is 10.7 Å². The van der Waals surface area contributed by atoms with Crippen LogP contribution in [0.15, 0.2) is 18.2 Å². The van der Waals surface area contributed by atoms with Crippen molar-refractivity contribution >= 4 is 29.1 Å². The van der Waals surface area contributed by atoms with Gasteiger partial charge in [-0.15, -0.1) is 4.94 Å². The minimum absolute atomic E-state index is 0.0573. The Kier molecular flexibility index (Phi) is 2.93. The SMILES string of the molecule is Fc1c(Cl)cccc1NNCl. The Hall–Kier alpha value is -0.510. The summed E-state index contributed by atoms with van der Waals surface area (Å²) < 4.78 is 12.9. The first-order valence-corrected chi connectivity index (χ1v) is 3.57. The summed E-state index contributed by atoms with van der Waals surface area (Å²) in [6.07, 6.45) is 0. The Morgan fingerprint density at radius 2 is 2.09 bits per heavy atom. The molecule has 5 heteroatoms. The average Bonchev–Trinajstić information content (AvgIpc) is 1.99. The summed E-state index contributed by atoms with van der Waals surface area (Å²) in [5.74, 6) is -0.526. The monoisotopic (exact) mass is 194 g/mol. The third-order valence-electron chi connectivity index (χ3n) is 1.13. The predicted octanol–water partition coefficient (Wildman–Crippen LogP) is 2.55. The van der Waals surface area contributed by atoms with Crippen LogP contribution in [-0.2, 0) is 0 Å². The molecule has 60 valence electrons. The fraction of sp³-hybridized carbons (Fsp3) is 0. The Morgan fingerprint density at radius 3 is 2.73 bits per heavy atom. The average molecular weight is 195 g/mol. The van der Waals surface area contributed by atoms with E-state index < -0.39 is 5.82 Å². The van der Waals surface area contributed by atoms with Crippen LogP contribution in [0, 0.1) is 5.82 Å². The molecule has 2 N–H and O–H groups in total. The van der Waals surface area contributed by atoms with E-state index in [0.29, 0.717) is 0 Å². The Balaban J connectivity index is 2.96. The number of hydrogen-bond donors (Lipinski definition) is 2. The fourth-order valence-corrected chi connectivity index (χ4v) is 0.928. The molecule has 0 atom stereocenters. The Labute approximate surface area is 73.4 Å². The van der Waals surface area contributed by atoms with Crippen LogP contribution in [-0.4, -0.2) is 0 Å². The molecule has 0 fully saturated rings. The largest absolute Gasteiger partial charge is 0.305 e. The van der Waals surface area contributed by atoms with E-state index in [1.54, 1.807) is 6.07 Å². The van der Waals surface area contributed by atoms with E-state index in [2.05, 4.69) is 10.4 Å². The molecule has 0 unspecified atom stereocenters. The fourth-order valence-electron chi connectivity index (χ4n) is 0.651. The maximum Gasteiger partial charge on any atom is 0.166 e. The van der Waals surface area contributed by atoms with E-state index in [1.165, 1.54) is 12.1 Å². The minimum Gasteiger partial charge on any atom is -0.305 e. The molecule has 0 aliphatic rings. The zero-order valence-corrected chi connectivity index (χ0v) is 6.88. The molecule has 0 saturated heterocycles. The topological polar surface area (TPSA) is 24.1 Å². The summed E-state index contributed by atoms with van der Waals surface area (Å²) in [5.41, 5.74) is 2.59. The third kappa shape index (κ3) is 1.96. The lowest BCUT2D eigenvalue weighted by Crippen LogP contribution is -2.09. The highest BCUT2D eigenvalue weighted by molar-refractivity contribution is 6.31. The van der Waals surface area contributed by atoms with Crippen molar-refractivity contribution in [2.45, 2.75) is 0 Å². The van der Waals surface area contributed by atoms with Gasteiger partial charge < -0.3 is 5.43 Å². The zero-order valence-electron chi connectivity index (χ0n) is 5.37. The van der Waals surface area contributed by atoms with E-state index in [0.717, 1.165) is 0 Å². The van der Waals surface area contributed by atoms with E-state index in [9.17, 15) is 4.39 Å². The molecule has 0 heterocycles. The van der Waals surface area contributed by atoms with Crippen molar-refractivity contribution in [3.8, 4) is 0 Å². The van der Waals surface area contributed by atoms with Crippen LogP contribution in [0.4, 0.5) is 10.1 Å². The molecular formula is C6H5Cl2FN2. The molecule has 0 aromatic heterocycles. The zero-order chi connectivity index (χ0) is 8.27. The van der Waals surface area contributed by atoms with Gasteiger partial charge in [0.2, 0.25) is 0 Å². The number of hydrogen-bond acceptors (Lipinski definition) is 2. The van der Waals surface area contributed by atoms with Gasteiger partial charge >= 0.3 is 0 Å². The van der Waals surface area contributed by atoms with Gasteiger partial charge in [0.1, 0.15) is 0 Å². The number of hydrazine groups is 1. The first kappa shape index (κ1) is 8.59. The lowest BCUT2D eigenvalue weighted by molar-refractivity contribution is 0.630. The van der Waals surface area contributed by atoms with Gasteiger partial charge in [0, 0.05) is 0 Å². The summed E-state index contributed by atoms with van der Waals surface area (Å²) in [6, 6.07) is 4.58. The molecule has 1 aromatic rings. The van der Waals surface area contributed by atoms with E-state index >= 15 is 0 Å². The molecule has 11 heavy (non-hydrogen) atoms. The summed E-state index contributed by atoms with van der Waals surface area (Å²) in [5, 5.41) is 0.0573. The van der Waals surface area contributed by atoms with Gasteiger partial charge in [-0.3, -0.25) is 0 Å². The van der Waals surface area contributed by atoms with Crippen molar-refractivity contribution in [3.05, 3.63) is 29.0 Å². The maximum atomic E-state index is 12.9. The van der Waals surface area contributed by atoms with Crippen molar-refractivity contribution < 1.29 is 4.39 Å². The summed E-state index contributed by atoms with van der Waals surface area (Å²) in [7, 11) is 0. The van der Waals surface area contributed by atoms with Crippen LogP contribution in [0.2, 0.25) is 5.02 Å². The molecule has 0 spiro atoms. The quantitative estimate of drug-likeness (QED) is 0.559. The van der Waals surface area contributed by atoms with Gasteiger partial charge in [-0.05, 0) is 23.9 Å². The first-order chi connectivity index (χ1) is 5.25. The van der Waals surface area contributed by atoms with Crippen molar-refractivity contribution in [1.29, 1.82) is 0 Å². The summed E-state index contributed by atoms with van der Waals surface area (Å²) >= 11 is 10.6. The van der Waals surface area contributed by atoms with Gasteiger partial charge in [-0.25, -0.2) is 4.39 Å². The number of nitrogens with one attached hydrogen (secondary N) is 2. The van der Waals surface area contributed by atoms with Gasteiger partial charge in [0.15, 0.2) is 5.82 Å². The molecule has 0 aliphatic carbocycles. The van der Waals surface area contributed by atoms with Gasteiger partial charge in [-0.1, -0.05) is 17.7 Å². The highest BCUT2D eigenvalue weighted by Gasteiger charge is 2.03. The number of halogens is 3. The summed E-state index contributed by atoms with van der Waals surface area (Å²) in [4.78, 5) is 2.08. The van der Waals surface area contributed by atoms with Crippen LogP contribution in [0.25, 0.3) is 0 Å². The van der Waals surface area contributed by atoms with E-state index in [1.807, 2.05) is 0 Å². The number of benzene rings is 1. The van der Waals surface area contributed by atoms with Gasteiger partial charge in [-0.2, -0.15) is 0 Å². The molecular weight excluding hydrogens is 190 g/mol. The van der Waals surface area contributed by atoms with Crippen molar-refractivity contribution in [2.75, 3.05) is 5.43 Å². The molecule has 1 rings (SSSR count). The van der Waals surface area contributed by atoms with Crippen LogP contribution in [0.5, 0.6) is 0 Å². The lowest BCUT2D eigenvalue weighted by Gasteiger charge is -2.03.